The molecule has 0 bridgehead atoms. The molecule has 1 saturated heterocycles. The van der Waals surface area contributed by atoms with Gasteiger partial charge in [-0.25, -0.2) is 0 Å². The molecule has 2 heterocycles. The van der Waals surface area contributed by atoms with Gasteiger partial charge in [0, 0.05) is 30.7 Å². The van der Waals surface area contributed by atoms with Crippen LogP contribution in [0.15, 0.2) is 48.8 Å². The molecule has 1 amide bonds. The Morgan fingerprint density at radius 1 is 1.20 bits per heavy atom. The predicted octanol–water partition coefficient (Wildman–Crippen LogP) is 3.16. The first-order valence-electron chi connectivity index (χ1n) is 7.59. The molecule has 1 aliphatic rings. The maximum absolute atomic E-state index is 12.2. The molecule has 0 unspecified atom stereocenters. The highest BCUT2D eigenvalue weighted by atomic mass is 35.5. The van der Waals surface area contributed by atoms with E-state index in [9.17, 15) is 4.79 Å². The zero-order valence-electron chi connectivity index (χ0n) is 13.5. The monoisotopic (exact) mass is 385 g/mol. The van der Waals surface area contributed by atoms with Crippen LogP contribution in [0, 0.1) is 0 Å². The molecule has 1 aromatic carbocycles. The van der Waals surface area contributed by atoms with Crippen LogP contribution in [0.1, 0.15) is 12.8 Å². The second-order valence-corrected chi connectivity index (χ2v) is 5.36. The standard InChI is InChI=1S/C17H19N3O3.2ClH/c18-11-15-4-5-16(23-15)17(21)20-12-2-1-3-14(10-12)22-13-6-8-19-9-7-13;;/h1-3,6-10,15-16H,4-5,11,18H2,(H,20,21);2*1H/t15-,16+;;/m1../s1. The highest BCUT2D eigenvalue weighted by Gasteiger charge is 2.29. The maximum Gasteiger partial charge on any atom is 0.253 e. The Morgan fingerprint density at radius 3 is 2.64 bits per heavy atom. The van der Waals surface area contributed by atoms with Crippen molar-refractivity contribution in [1.29, 1.82) is 0 Å². The van der Waals surface area contributed by atoms with E-state index in [0.717, 1.165) is 6.42 Å². The number of carbonyl (C=O) groups excluding carboxylic acids is 1. The summed E-state index contributed by atoms with van der Waals surface area (Å²) in [6.07, 6.45) is 4.37. The summed E-state index contributed by atoms with van der Waals surface area (Å²) in [5.74, 6) is 1.18. The number of hydrogen-bond donors (Lipinski definition) is 2. The third-order valence-corrected chi connectivity index (χ3v) is 3.65. The lowest BCUT2D eigenvalue weighted by atomic mass is 10.2. The van der Waals surface area contributed by atoms with Gasteiger partial charge in [0.05, 0.1) is 6.10 Å². The molecule has 2 atom stereocenters. The van der Waals surface area contributed by atoms with Crippen LogP contribution >= 0.6 is 24.8 Å². The first-order valence-corrected chi connectivity index (χ1v) is 7.59. The van der Waals surface area contributed by atoms with Gasteiger partial charge in [0.25, 0.3) is 5.91 Å². The van der Waals surface area contributed by atoms with Crippen molar-refractivity contribution in [3.05, 3.63) is 48.8 Å². The van der Waals surface area contributed by atoms with Crippen LogP contribution in [0.4, 0.5) is 5.69 Å². The highest BCUT2D eigenvalue weighted by Crippen LogP contribution is 2.25. The van der Waals surface area contributed by atoms with Crippen molar-refractivity contribution in [3.63, 3.8) is 0 Å². The third-order valence-electron chi connectivity index (χ3n) is 3.65. The lowest BCUT2D eigenvalue weighted by molar-refractivity contribution is -0.126. The summed E-state index contributed by atoms with van der Waals surface area (Å²) >= 11 is 0. The summed E-state index contributed by atoms with van der Waals surface area (Å²) in [6.45, 7) is 0.443. The Bertz CT molecular complexity index is 673. The van der Waals surface area contributed by atoms with Crippen molar-refractivity contribution in [2.75, 3.05) is 11.9 Å². The van der Waals surface area contributed by atoms with Crippen LogP contribution in [0.25, 0.3) is 0 Å². The Balaban J connectivity index is 0.00000156. The van der Waals surface area contributed by atoms with E-state index in [1.807, 2.05) is 18.2 Å². The number of aromatic nitrogens is 1. The predicted molar refractivity (Wildman–Crippen MR) is 101 cm³/mol. The van der Waals surface area contributed by atoms with Crippen LogP contribution in [0.2, 0.25) is 0 Å². The summed E-state index contributed by atoms with van der Waals surface area (Å²) in [4.78, 5) is 16.2. The lowest BCUT2D eigenvalue weighted by Crippen LogP contribution is -2.29. The first kappa shape index (κ1) is 21.2. The Kier molecular flexibility index (Phi) is 8.65. The molecular formula is C17H21Cl2N3O3. The number of benzene rings is 1. The van der Waals surface area contributed by atoms with E-state index in [2.05, 4.69) is 10.3 Å². The summed E-state index contributed by atoms with van der Waals surface area (Å²) in [5, 5.41) is 2.86. The second-order valence-electron chi connectivity index (χ2n) is 5.36. The number of nitrogens with zero attached hydrogens (tertiary/aromatic N) is 1. The van der Waals surface area contributed by atoms with E-state index in [1.165, 1.54) is 0 Å². The SMILES string of the molecule is Cl.Cl.NC[C@H]1CC[C@@H](C(=O)Nc2cccc(Oc3ccncc3)c2)O1. The second kappa shape index (κ2) is 10.2. The van der Waals surface area contributed by atoms with Crippen molar-refractivity contribution in [2.45, 2.75) is 25.0 Å². The number of pyridine rings is 1. The van der Waals surface area contributed by atoms with Gasteiger partial charge in [-0.2, -0.15) is 0 Å². The fourth-order valence-electron chi connectivity index (χ4n) is 2.47. The van der Waals surface area contributed by atoms with Crippen molar-refractivity contribution >= 4 is 36.4 Å². The normalized spacial score (nSPS) is 18.6. The summed E-state index contributed by atoms with van der Waals surface area (Å²) < 4.78 is 11.3. The average Bonchev–Trinajstić information content (AvgIpc) is 3.05. The first-order chi connectivity index (χ1) is 11.2. The summed E-state index contributed by atoms with van der Waals surface area (Å²) in [7, 11) is 0. The third kappa shape index (κ3) is 5.86. The minimum Gasteiger partial charge on any atom is -0.457 e. The van der Waals surface area contributed by atoms with Gasteiger partial charge in [0.15, 0.2) is 0 Å². The van der Waals surface area contributed by atoms with Crippen molar-refractivity contribution in [1.82, 2.24) is 4.98 Å². The molecule has 8 heteroatoms. The number of halogens is 2. The molecule has 136 valence electrons. The molecular weight excluding hydrogens is 365 g/mol. The van der Waals surface area contributed by atoms with E-state index >= 15 is 0 Å². The highest BCUT2D eigenvalue weighted by molar-refractivity contribution is 5.94. The molecule has 0 radical (unpaired) electrons. The molecule has 0 spiro atoms. The van der Waals surface area contributed by atoms with Crippen LogP contribution in [-0.4, -0.2) is 29.6 Å². The molecule has 1 fully saturated rings. The van der Waals surface area contributed by atoms with Crippen LogP contribution in [0.5, 0.6) is 11.5 Å². The number of ether oxygens (including phenoxy) is 2. The fourth-order valence-corrected chi connectivity index (χ4v) is 2.47. The zero-order valence-corrected chi connectivity index (χ0v) is 15.1. The molecule has 1 aliphatic heterocycles. The molecule has 2 aromatic rings. The minimum absolute atomic E-state index is 0. The Hall–Kier alpha value is -1.86. The summed E-state index contributed by atoms with van der Waals surface area (Å²) in [5.41, 5.74) is 6.23. The number of nitrogens with two attached hydrogens (primary N) is 1. The number of amides is 1. The topological polar surface area (TPSA) is 86.5 Å². The van der Waals surface area contributed by atoms with E-state index in [0.29, 0.717) is 30.2 Å². The van der Waals surface area contributed by atoms with Gasteiger partial charge in [-0.3, -0.25) is 9.78 Å². The lowest BCUT2D eigenvalue weighted by Gasteiger charge is -2.13. The van der Waals surface area contributed by atoms with Gasteiger partial charge >= 0.3 is 0 Å². The zero-order chi connectivity index (χ0) is 16.1. The Labute approximate surface area is 158 Å². The number of carbonyl (C=O) groups is 1. The minimum atomic E-state index is -0.437. The van der Waals surface area contributed by atoms with Crippen LogP contribution in [-0.2, 0) is 9.53 Å². The van der Waals surface area contributed by atoms with Gasteiger partial charge in [-0.1, -0.05) is 6.07 Å². The van der Waals surface area contributed by atoms with Gasteiger partial charge in [0.1, 0.15) is 17.6 Å². The Morgan fingerprint density at radius 2 is 1.96 bits per heavy atom. The molecule has 1 aromatic heterocycles. The van der Waals surface area contributed by atoms with E-state index in [1.54, 1.807) is 30.6 Å². The van der Waals surface area contributed by atoms with E-state index in [-0.39, 0.29) is 36.8 Å². The molecule has 3 N–H and O–H groups in total. The molecule has 6 nitrogen and oxygen atoms in total. The molecule has 25 heavy (non-hydrogen) atoms. The van der Waals surface area contributed by atoms with Crippen molar-refractivity contribution in [2.24, 2.45) is 5.73 Å². The molecule has 0 aliphatic carbocycles. The molecule has 0 saturated carbocycles. The van der Waals surface area contributed by atoms with Crippen LogP contribution in [0.3, 0.4) is 0 Å². The average molecular weight is 386 g/mol. The number of anilines is 1. The van der Waals surface area contributed by atoms with E-state index < -0.39 is 6.10 Å². The fraction of sp³-hybridized carbons (Fsp3) is 0.294. The van der Waals surface area contributed by atoms with Gasteiger partial charge in [0.2, 0.25) is 0 Å². The van der Waals surface area contributed by atoms with Gasteiger partial charge in [-0.15, -0.1) is 24.8 Å². The van der Waals surface area contributed by atoms with Gasteiger partial charge < -0.3 is 20.5 Å². The number of hydrogen-bond acceptors (Lipinski definition) is 5. The molecule has 3 rings (SSSR count). The maximum atomic E-state index is 12.2. The largest absolute Gasteiger partial charge is 0.457 e. The van der Waals surface area contributed by atoms with Gasteiger partial charge in [-0.05, 0) is 37.1 Å². The van der Waals surface area contributed by atoms with Crippen molar-refractivity contribution < 1.29 is 14.3 Å². The number of nitrogens with one attached hydrogen (secondary N) is 1. The van der Waals surface area contributed by atoms with Crippen LogP contribution < -0.4 is 15.8 Å². The van der Waals surface area contributed by atoms with E-state index in [4.69, 9.17) is 15.2 Å². The summed E-state index contributed by atoms with van der Waals surface area (Å²) in [6, 6.07) is 10.8. The quantitative estimate of drug-likeness (QED) is 0.825. The smallest absolute Gasteiger partial charge is 0.253 e. The van der Waals surface area contributed by atoms with Crippen molar-refractivity contribution in [3.8, 4) is 11.5 Å². The number of rotatable bonds is 5.